The van der Waals surface area contributed by atoms with Crippen molar-refractivity contribution in [1.29, 1.82) is 0 Å². The van der Waals surface area contributed by atoms with Crippen LogP contribution in [0, 0.1) is 6.92 Å². The average Bonchev–Trinajstić information content (AvgIpc) is 2.47. The van der Waals surface area contributed by atoms with Gasteiger partial charge in [-0.25, -0.2) is 0 Å². The standard InChI is InChI=1S/C16H26BrNO4/c1-10(2)22-14-7-13(17)12(16(21-6)11(14)3)8-18-9-15(19-4)20-5/h7,10,15,18H,8-9H2,1-6H3. The first-order chi connectivity index (χ1) is 10.4. The second kappa shape index (κ2) is 9.35. The van der Waals surface area contributed by atoms with Crippen LogP contribution in [0.5, 0.6) is 11.5 Å². The maximum Gasteiger partial charge on any atom is 0.169 e. The molecule has 0 spiro atoms. The molecule has 0 bridgehead atoms. The van der Waals surface area contributed by atoms with Crippen molar-refractivity contribution in [3.8, 4) is 11.5 Å². The van der Waals surface area contributed by atoms with E-state index in [1.807, 2.05) is 26.8 Å². The number of hydrogen-bond acceptors (Lipinski definition) is 5. The normalized spacial score (nSPS) is 11.3. The van der Waals surface area contributed by atoms with Gasteiger partial charge in [-0.1, -0.05) is 15.9 Å². The third-order valence-corrected chi connectivity index (χ3v) is 3.94. The molecule has 1 N–H and O–H groups in total. The summed E-state index contributed by atoms with van der Waals surface area (Å²) >= 11 is 3.60. The van der Waals surface area contributed by atoms with E-state index in [-0.39, 0.29) is 12.4 Å². The highest BCUT2D eigenvalue weighted by molar-refractivity contribution is 9.10. The fourth-order valence-corrected chi connectivity index (χ4v) is 2.68. The van der Waals surface area contributed by atoms with Gasteiger partial charge in [0.05, 0.1) is 13.2 Å². The van der Waals surface area contributed by atoms with Crippen molar-refractivity contribution in [2.24, 2.45) is 0 Å². The van der Waals surface area contributed by atoms with Gasteiger partial charge in [-0.15, -0.1) is 0 Å². The van der Waals surface area contributed by atoms with E-state index in [1.165, 1.54) is 0 Å². The van der Waals surface area contributed by atoms with Crippen LogP contribution < -0.4 is 14.8 Å². The zero-order valence-electron chi connectivity index (χ0n) is 14.2. The fraction of sp³-hybridized carbons (Fsp3) is 0.625. The highest BCUT2D eigenvalue weighted by Gasteiger charge is 2.17. The van der Waals surface area contributed by atoms with E-state index in [0.29, 0.717) is 13.1 Å². The molecule has 0 atom stereocenters. The largest absolute Gasteiger partial charge is 0.496 e. The second-order valence-electron chi connectivity index (χ2n) is 5.19. The molecule has 5 nitrogen and oxygen atoms in total. The Morgan fingerprint density at radius 3 is 2.32 bits per heavy atom. The minimum atomic E-state index is -0.269. The predicted molar refractivity (Wildman–Crippen MR) is 90.7 cm³/mol. The van der Waals surface area contributed by atoms with Gasteiger partial charge in [-0.3, -0.25) is 0 Å². The first-order valence-corrected chi connectivity index (χ1v) is 8.02. The monoisotopic (exact) mass is 375 g/mol. The number of nitrogens with one attached hydrogen (secondary N) is 1. The quantitative estimate of drug-likeness (QED) is 0.671. The SMILES string of the molecule is COc1c(C)c(OC(C)C)cc(Br)c1CNCC(OC)OC. The lowest BCUT2D eigenvalue weighted by Gasteiger charge is -2.20. The maximum atomic E-state index is 5.83. The molecule has 0 amide bonds. The number of halogens is 1. The Morgan fingerprint density at radius 1 is 1.18 bits per heavy atom. The molecule has 0 saturated heterocycles. The first-order valence-electron chi connectivity index (χ1n) is 7.23. The highest BCUT2D eigenvalue weighted by Crippen LogP contribution is 2.37. The zero-order valence-corrected chi connectivity index (χ0v) is 15.7. The molecule has 0 radical (unpaired) electrons. The van der Waals surface area contributed by atoms with E-state index < -0.39 is 0 Å². The van der Waals surface area contributed by atoms with Crippen LogP contribution in [0.2, 0.25) is 0 Å². The van der Waals surface area contributed by atoms with Crippen LogP contribution in [0.3, 0.4) is 0 Å². The van der Waals surface area contributed by atoms with Crippen molar-refractivity contribution >= 4 is 15.9 Å². The first kappa shape index (κ1) is 19.2. The fourth-order valence-electron chi connectivity index (χ4n) is 2.15. The molecule has 0 heterocycles. The summed E-state index contributed by atoms with van der Waals surface area (Å²) in [6.45, 7) is 7.23. The van der Waals surface area contributed by atoms with Gasteiger partial charge in [0.15, 0.2) is 6.29 Å². The minimum Gasteiger partial charge on any atom is -0.496 e. The molecular formula is C16H26BrNO4. The van der Waals surface area contributed by atoms with Crippen LogP contribution in [0.4, 0.5) is 0 Å². The molecule has 0 aliphatic rings. The van der Waals surface area contributed by atoms with E-state index >= 15 is 0 Å². The van der Waals surface area contributed by atoms with Gasteiger partial charge in [0.2, 0.25) is 0 Å². The molecule has 0 aromatic heterocycles. The van der Waals surface area contributed by atoms with Gasteiger partial charge in [0, 0.05) is 42.9 Å². The van der Waals surface area contributed by atoms with E-state index in [0.717, 1.165) is 27.1 Å². The molecule has 1 aromatic carbocycles. The molecule has 0 saturated carbocycles. The predicted octanol–water partition coefficient (Wildman–Crippen LogP) is 3.26. The average molecular weight is 376 g/mol. The Morgan fingerprint density at radius 2 is 1.82 bits per heavy atom. The van der Waals surface area contributed by atoms with Crippen LogP contribution in [-0.2, 0) is 16.0 Å². The van der Waals surface area contributed by atoms with E-state index in [1.54, 1.807) is 21.3 Å². The Labute approximate surface area is 141 Å². The van der Waals surface area contributed by atoms with Gasteiger partial charge < -0.3 is 24.3 Å². The molecule has 126 valence electrons. The lowest BCUT2D eigenvalue weighted by molar-refractivity contribution is -0.0989. The zero-order chi connectivity index (χ0) is 16.7. The molecule has 0 aliphatic carbocycles. The molecule has 6 heteroatoms. The molecular weight excluding hydrogens is 350 g/mol. The molecule has 22 heavy (non-hydrogen) atoms. The summed E-state index contributed by atoms with van der Waals surface area (Å²) < 4.78 is 22.7. The number of hydrogen-bond donors (Lipinski definition) is 1. The molecule has 0 unspecified atom stereocenters. The number of methoxy groups -OCH3 is 3. The summed E-state index contributed by atoms with van der Waals surface area (Å²) in [5, 5.41) is 3.31. The van der Waals surface area contributed by atoms with Crippen molar-refractivity contribution < 1.29 is 18.9 Å². The Hall–Kier alpha value is -0.820. The van der Waals surface area contributed by atoms with Gasteiger partial charge in [0.25, 0.3) is 0 Å². The Bertz CT molecular complexity index is 476. The summed E-state index contributed by atoms with van der Waals surface area (Å²) in [7, 11) is 4.91. The topological polar surface area (TPSA) is 49.0 Å². The number of benzene rings is 1. The Kier molecular flexibility index (Phi) is 8.17. The third-order valence-electron chi connectivity index (χ3n) is 3.24. The van der Waals surface area contributed by atoms with Crippen molar-refractivity contribution in [3.05, 3.63) is 21.7 Å². The number of rotatable bonds is 9. The van der Waals surface area contributed by atoms with Crippen molar-refractivity contribution in [2.45, 2.75) is 39.7 Å². The lowest BCUT2D eigenvalue weighted by Crippen LogP contribution is -2.29. The summed E-state index contributed by atoms with van der Waals surface area (Å²) in [6, 6.07) is 1.99. The highest BCUT2D eigenvalue weighted by atomic mass is 79.9. The third kappa shape index (κ3) is 5.12. The van der Waals surface area contributed by atoms with Crippen LogP contribution in [-0.4, -0.2) is 40.3 Å². The molecule has 0 fully saturated rings. The summed E-state index contributed by atoms with van der Waals surface area (Å²) in [4.78, 5) is 0. The molecule has 0 aliphatic heterocycles. The lowest BCUT2D eigenvalue weighted by atomic mass is 10.1. The van der Waals surface area contributed by atoms with Crippen molar-refractivity contribution in [1.82, 2.24) is 5.32 Å². The van der Waals surface area contributed by atoms with Gasteiger partial charge >= 0.3 is 0 Å². The van der Waals surface area contributed by atoms with E-state index in [9.17, 15) is 0 Å². The second-order valence-corrected chi connectivity index (χ2v) is 6.05. The Balaban J connectivity index is 2.92. The smallest absolute Gasteiger partial charge is 0.169 e. The summed E-state index contributed by atoms with van der Waals surface area (Å²) in [6.07, 6.45) is -0.155. The van der Waals surface area contributed by atoms with Crippen LogP contribution in [0.1, 0.15) is 25.0 Å². The van der Waals surface area contributed by atoms with Crippen LogP contribution in [0.25, 0.3) is 0 Å². The van der Waals surface area contributed by atoms with Gasteiger partial charge in [0.1, 0.15) is 11.5 Å². The minimum absolute atomic E-state index is 0.114. The van der Waals surface area contributed by atoms with Crippen LogP contribution in [0.15, 0.2) is 10.5 Å². The molecule has 1 aromatic rings. The van der Waals surface area contributed by atoms with E-state index in [4.69, 9.17) is 18.9 Å². The maximum absolute atomic E-state index is 5.83. The van der Waals surface area contributed by atoms with Gasteiger partial charge in [-0.05, 0) is 26.8 Å². The molecule has 1 rings (SSSR count). The van der Waals surface area contributed by atoms with E-state index in [2.05, 4.69) is 21.2 Å². The van der Waals surface area contributed by atoms with Gasteiger partial charge in [-0.2, -0.15) is 0 Å². The summed E-state index contributed by atoms with van der Waals surface area (Å²) in [5.41, 5.74) is 2.04. The summed E-state index contributed by atoms with van der Waals surface area (Å²) in [5.74, 6) is 1.65. The number of ether oxygens (including phenoxy) is 4. The van der Waals surface area contributed by atoms with Crippen molar-refractivity contribution in [3.63, 3.8) is 0 Å². The van der Waals surface area contributed by atoms with Crippen LogP contribution >= 0.6 is 15.9 Å². The van der Waals surface area contributed by atoms with Crippen molar-refractivity contribution in [2.75, 3.05) is 27.9 Å².